The van der Waals surface area contributed by atoms with Crippen molar-refractivity contribution in [3.63, 3.8) is 0 Å². The van der Waals surface area contributed by atoms with Gasteiger partial charge < -0.3 is 0 Å². The summed E-state index contributed by atoms with van der Waals surface area (Å²) >= 11 is 0. The van der Waals surface area contributed by atoms with Crippen LogP contribution in [0.5, 0.6) is 0 Å². The largest absolute Gasteiger partial charge is 0.0654 e. The molecule has 1 saturated carbocycles. The quantitative estimate of drug-likeness (QED) is 0.359. The summed E-state index contributed by atoms with van der Waals surface area (Å²) in [6.07, 6.45) is 16.1. The Morgan fingerprint density at radius 1 is 0.842 bits per heavy atom. The van der Waals surface area contributed by atoms with Crippen LogP contribution in [0.1, 0.15) is 98.3 Å². The SMILES string of the molecule is CCCCCCC(CCCC)CC1CC(CC)C1C. The molecule has 0 aromatic carbocycles. The molecule has 0 N–H and O–H groups in total. The van der Waals surface area contributed by atoms with E-state index in [1.807, 2.05) is 0 Å². The van der Waals surface area contributed by atoms with Crippen LogP contribution in [0.15, 0.2) is 0 Å². The van der Waals surface area contributed by atoms with Crippen molar-refractivity contribution in [3.8, 4) is 0 Å². The van der Waals surface area contributed by atoms with Crippen LogP contribution in [0.25, 0.3) is 0 Å². The zero-order chi connectivity index (χ0) is 14.1. The third kappa shape index (κ3) is 5.88. The van der Waals surface area contributed by atoms with Gasteiger partial charge in [-0.25, -0.2) is 0 Å². The molecule has 0 bridgehead atoms. The average molecular weight is 267 g/mol. The van der Waals surface area contributed by atoms with Crippen molar-refractivity contribution in [1.82, 2.24) is 0 Å². The summed E-state index contributed by atoms with van der Waals surface area (Å²) < 4.78 is 0. The molecule has 0 heterocycles. The Kier molecular flexibility index (Phi) is 8.83. The van der Waals surface area contributed by atoms with Gasteiger partial charge in [-0.05, 0) is 36.5 Å². The van der Waals surface area contributed by atoms with Gasteiger partial charge in [0, 0.05) is 0 Å². The maximum atomic E-state index is 2.51. The summed E-state index contributed by atoms with van der Waals surface area (Å²) in [7, 11) is 0. The molecule has 1 aliphatic rings. The lowest BCUT2D eigenvalue weighted by Gasteiger charge is -2.44. The maximum Gasteiger partial charge on any atom is -0.0380 e. The van der Waals surface area contributed by atoms with Crippen LogP contribution in [0.2, 0.25) is 0 Å². The zero-order valence-electron chi connectivity index (χ0n) is 14.1. The number of hydrogen-bond donors (Lipinski definition) is 0. The second kappa shape index (κ2) is 9.83. The third-order valence-corrected chi connectivity index (χ3v) is 5.68. The molecule has 0 nitrogen and oxygen atoms in total. The predicted molar refractivity (Wildman–Crippen MR) is 87.4 cm³/mol. The molecule has 0 saturated heterocycles. The minimum Gasteiger partial charge on any atom is -0.0654 e. The van der Waals surface area contributed by atoms with Crippen LogP contribution in [-0.2, 0) is 0 Å². The van der Waals surface area contributed by atoms with Crippen LogP contribution in [-0.4, -0.2) is 0 Å². The van der Waals surface area contributed by atoms with Gasteiger partial charge in [0.15, 0.2) is 0 Å². The minimum absolute atomic E-state index is 1.02. The Morgan fingerprint density at radius 3 is 2.11 bits per heavy atom. The molecule has 0 aliphatic heterocycles. The Balaban J connectivity index is 2.24. The molecule has 4 atom stereocenters. The molecule has 0 spiro atoms. The highest BCUT2D eigenvalue weighted by Gasteiger charge is 2.36. The molecule has 0 amide bonds. The number of hydrogen-bond acceptors (Lipinski definition) is 0. The van der Waals surface area contributed by atoms with E-state index in [1.165, 1.54) is 64.2 Å². The molecule has 0 radical (unpaired) electrons. The van der Waals surface area contributed by atoms with E-state index >= 15 is 0 Å². The standard InChI is InChI=1S/C19H38/c1-5-8-10-11-13-17(12-9-6-2)14-19-15-18(7-3)16(19)4/h16-19H,5-15H2,1-4H3. The van der Waals surface area contributed by atoms with E-state index in [1.54, 1.807) is 6.42 Å². The maximum absolute atomic E-state index is 2.51. The first-order valence-electron chi connectivity index (χ1n) is 9.22. The molecular formula is C19H38. The Morgan fingerprint density at radius 2 is 1.53 bits per heavy atom. The van der Waals surface area contributed by atoms with Crippen LogP contribution >= 0.6 is 0 Å². The van der Waals surface area contributed by atoms with Gasteiger partial charge in [-0.3, -0.25) is 0 Å². The number of rotatable bonds is 11. The van der Waals surface area contributed by atoms with Gasteiger partial charge in [-0.15, -0.1) is 0 Å². The normalized spacial score (nSPS) is 28.1. The molecule has 0 aromatic rings. The smallest absolute Gasteiger partial charge is 0.0380 e. The summed E-state index contributed by atoms with van der Waals surface area (Å²) in [6, 6.07) is 0. The van der Waals surface area contributed by atoms with Gasteiger partial charge in [0.25, 0.3) is 0 Å². The first-order chi connectivity index (χ1) is 9.22. The highest BCUT2D eigenvalue weighted by atomic mass is 14.4. The molecule has 1 rings (SSSR count). The lowest BCUT2D eigenvalue weighted by molar-refractivity contribution is 0.0587. The topological polar surface area (TPSA) is 0 Å². The van der Waals surface area contributed by atoms with E-state index in [4.69, 9.17) is 0 Å². The minimum atomic E-state index is 1.02. The lowest BCUT2D eigenvalue weighted by atomic mass is 9.61. The van der Waals surface area contributed by atoms with Crippen molar-refractivity contribution in [2.45, 2.75) is 98.3 Å². The fraction of sp³-hybridized carbons (Fsp3) is 1.00. The first kappa shape index (κ1) is 17.1. The van der Waals surface area contributed by atoms with E-state index in [2.05, 4.69) is 27.7 Å². The second-order valence-corrected chi connectivity index (χ2v) is 7.12. The van der Waals surface area contributed by atoms with Crippen molar-refractivity contribution >= 4 is 0 Å². The van der Waals surface area contributed by atoms with Gasteiger partial charge in [-0.2, -0.15) is 0 Å². The van der Waals surface area contributed by atoms with E-state index in [0.29, 0.717) is 0 Å². The molecule has 114 valence electrons. The van der Waals surface area contributed by atoms with Crippen molar-refractivity contribution < 1.29 is 0 Å². The molecule has 0 heteroatoms. The third-order valence-electron chi connectivity index (χ3n) is 5.68. The zero-order valence-corrected chi connectivity index (χ0v) is 14.1. The van der Waals surface area contributed by atoms with Crippen molar-refractivity contribution in [2.24, 2.45) is 23.7 Å². The summed E-state index contributed by atoms with van der Waals surface area (Å²) in [6.45, 7) is 9.54. The van der Waals surface area contributed by atoms with Gasteiger partial charge >= 0.3 is 0 Å². The highest BCUT2D eigenvalue weighted by molar-refractivity contribution is 4.86. The second-order valence-electron chi connectivity index (χ2n) is 7.12. The fourth-order valence-electron chi connectivity index (χ4n) is 4.02. The van der Waals surface area contributed by atoms with Crippen molar-refractivity contribution in [2.75, 3.05) is 0 Å². The summed E-state index contributed by atoms with van der Waals surface area (Å²) in [5.41, 5.74) is 0. The van der Waals surface area contributed by atoms with E-state index < -0.39 is 0 Å². The Hall–Kier alpha value is 0. The number of unbranched alkanes of at least 4 members (excludes halogenated alkanes) is 4. The van der Waals surface area contributed by atoms with E-state index in [0.717, 1.165) is 23.7 Å². The van der Waals surface area contributed by atoms with Crippen LogP contribution < -0.4 is 0 Å². The van der Waals surface area contributed by atoms with Crippen molar-refractivity contribution in [3.05, 3.63) is 0 Å². The predicted octanol–water partition coefficient (Wildman–Crippen LogP) is 6.84. The lowest BCUT2D eigenvalue weighted by Crippen LogP contribution is -2.35. The monoisotopic (exact) mass is 266 g/mol. The molecule has 4 unspecified atom stereocenters. The van der Waals surface area contributed by atoms with Crippen LogP contribution in [0, 0.1) is 23.7 Å². The summed E-state index contributed by atoms with van der Waals surface area (Å²) in [4.78, 5) is 0. The van der Waals surface area contributed by atoms with Gasteiger partial charge in [-0.1, -0.05) is 85.5 Å². The summed E-state index contributed by atoms with van der Waals surface area (Å²) in [5, 5.41) is 0. The van der Waals surface area contributed by atoms with Crippen molar-refractivity contribution in [1.29, 1.82) is 0 Å². The van der Waals surface area contributed by atoms with E-state index in [9.17, 15) is 0 Å². The molecular weight excluding hydrogens is 228 g/mol. The highest BCUT2D eigenvalue weighted by Crippen LogP contribution is 2.46. The molecule has 19 heavy (non-hydrogen) atoms. The first-order valence-corrected chi connectivity index (χ1v) is 9.22. The summed E-state index contributed by atoms with van der Waals surface area (Å²) in [5.74, 6) is 4.18. The Bertz CT molecular complexity index is 208. The molecule has 1 aliphatic carbocycles. The van der Waals surface area contributed by atoms with Gasteiger partial charge in [0.1, 0.15) is 0 Å². The van der Waals surface area contributed by atoms with E-state index in [-0.39, 0.29) is 0 Å². The van der Waals surface area contributed by atoms with Gasteiger partial charge in [0.2, 0.25) is 0 Å². The Labute approximate surface area is 122 Å². The van der Waals surface area contributed by atoms with Crippen LogP contribution in [0.4, 0.5) is 0 Å². The van der Waals surface area contributed by atoms with Crippen LogP contribution in [0.3, 0.4) is 0 Å². The van der Waals surface area contributed by atoms with Gasteiger partial charge in [0.05, 0.1) is 0 Å². The molecule has 1 fully saturated rings. The fourth-order valence-corrected chi connectivity index (χ4v) is 4.02. The average Bonchev–Trinajstić information content (AvgIpc) is 2.43. The molecule has 0 aromatic heterocycles.